The normalized spacial score (nSPS) is 21.9. The van der Waals surface area contributed by atoms with E-state index in [0.717, 1.165) is 43.2 Å². The van der Waals surface area contributed by atoms with E-state index in [0.29, 0.717) is 11.1 Å². The van der Waals surface area contributed by atoms with Gasteiger partial charge in [0.15, 0.2) is 0 Å². The lowest BCUT2D eigenvalue weighted by molar-refractivity contribution is -0.141. The number of aryl methyl sites for hydroxylation is 2. The molecule has 30 heavy (non-hydrogen) atoms. The third-order valence-electron chi connectivity index (χ3n) is 6.31. The Morgan fingerprint density at radius 3 is 2.30 bits per heavy atom. The zero-order chi connectivity index (χ0) is 21.4. The maximum atomic E-state index is 13.2. The molecule has 1 aliphatic heterocycles. The molecular formula is C25H27NO4. The molecule has 5 nitrogen and oxygen atoms in total. The lowest BCUT2D eigenvalue weighted by Crippen LogP contribution is -2.40. The molecule has 1 aliphatic carbocycles. The number of nitrogens with zero attached hydrogens (tertiary/aromatic N) is 1. The maximum Gasteiger partial charge on any atom is 0.295 e. The Morgan fingerprint density at radius 1 is 0.967 bits per heavy atom. The molecule has 5 heteroatoms. The summed E-state index contributed by atoms with van der Waals surface area (Å²) in [6.07, 6.45) is 4.88. The van der Waals surface area contributed by atoms with Gasteiger partial charge in [-0.1, -0.05) is 49.1 Å². The number of aliphatic hydroxyl groups is 1. The molecule has 1 saturated heterocycles. The number of carbonyl (C=O) groups excluding carboxylic acids is 2. The average Bonchev–Trinajstić information content (AvgIpc) is 3.01. The molecule has 0 radical (unpaired) electrons. The van der Waals surface area contributed by atoms with E-state index in [-0.39, 0.29) is 23.1 Å². The van der Waals surface area contributed by atoms with Gasteiger partial charge in [0.25, 0.3) is 11.7 Å². The van der Waals surface area contributed by atoms with E-state index in [1.165, 1.54) is 0 Å². The largest absolute Gasteiger partial charge is 0.508 e. The highest BCUT2D eigenvalue weighted by Crippen LogP contribution is 2.43. The van der Waals surface area contributed by atoms with Crippen LogP contribution in [-0.2, 0) is 9.59 Å². The van der Waals surface area contributed by atoms with Gasteiger partial charge >= 0.3 is 0 Å². The third-order valence-corrected chi connectivity index (χ3v) is 6.31. The Balaban J connectivity index is 1.90. The predicted octanol–water partition coefficient (Wildman–Crippen LogP) is 4.76. The second-order valence-electron chi connectivity index (χ2n) is 8.41. The summed E-state index contributed by atoms with van der Waals surface area (Å²) in [5, 5.41) is 21.0. The first kappa shape index (κ1) is 20.2. The molecule has 0 bridgehead atoms. The number of aliphatic hydroxyl groups excluding tert-OH is 1. The molecule has 2 N–H and O–H groups in total. The summed E-state index contributed by atoms with van der Waals surface area (Å²) in [6.45, 7) is 3.80. The lowest BCUT2D eigenvalue weighted by Gasteiger charge is -2.35. The summed E-state index contributed by atoms with van der Waals surface area (Å²) >= 11 is 0. The number of amides is 1. The minimum absolute atomic E-state index is 0.0297. The Kier molecular flexibility index (Phi) is 5.37. The first-order chi connectivity index (χ1) is 14.4. The molecule has 156 valence electrons. The number of Topliss-reactive ketones (excluding diaryl/α,β-unsaturated/α-hetero) is 1. The van der Waals surface area contributed by atoms with Gasteiger partial charge in [-0.2, -0.15) is 0 Å². The number of hydrogen-bond donors (Lipinski definition) is 2. The molecule has 0 spiro atoms. The van der Waals surface area contributed by atoms with Crippen molar-refractivity contribution in [3.05, 3.63) is 70.3 Å². The lowest BCUT2D eigenvalue weighted by atomic mass is 9.90. The third kappa shape index (κ3) is 3.49. The van der Waals surface area contributed by atoms with Crippen molar-refractivity contribution in [3.63, 3.8) is 0 Å². The van der Waals surface area contributed by atoms with Gasteiger partial charge < -0.3 is 15.1 Å². The Morgan fingerprint density at radius 2 is 1.63 bits per heavy atom. The molecule has 1 heterocycles. The topological polar surface area (TPSA) is 77.8 Å². The van der Waals surface area contributed by atoms with Gasteiger partial charge in [0.2, 0.25) is 0 Å². The van der Waals surface area contributed by atoms with Crippen molar-refractivity contribution in [1.82, 2.24) is 4.90 Å². The van der Waals surface area contributed by atoms with Gasteiger partial charge in [-0.25, -0.2) is 0 Å². The number of ketones is 1. The molecule has 0 aromatic heterocycles. The number of phenolic OH excluding ortho intramolecular Hbond substituents is 1. The van der Waals surface area contributed by atoms with Gasteiger partial charge in [-0.3, -0.25) is 9.59 Å². The summed E-state index contributed by atoms with van der Waals surface area (Å²) in [4.78, 5) is 28.0. The summed E-state index contributed by atoms with van der Waals surface area (Å²) in [6, 6.07) is 11.5. The van der Waals surface area contributed by atoms with Crippen molar-refractivity contribution >= 4 is 17.4 Å². The average molecular weight is 405 g/mol. The highest BCUT2D eigenvalue weighted by Gasteiger charge is 2.48. The number of benzene rings is 2. The van der Waals surface area contributed by atoms with Crippen LogP contribution in [0.4, 0.5) is 0 Å². The fourth-order valence-corrected chi connectivity index (χ4v) is 4.71. The molecule has 2 aliphatic rings. The molecule has 2 aromatic rings. The monoisotopic (exact) mass is 405 g/mol. The summed E-state index contributed by atoms with van der Waals surface area (Å²) in [5.74, 6) is -1.21. The van der Waals surface area contributed by atoms with Gasteiger partial charge in [0.05, 0.1) is 11.6 Å². The minimum Gasteiger partial charge on any atom is -0.508 e. The van der Waals surface area contributed by atoms with Crippen molar-refractivity contribution in [2.75, 3.05) is 0 Å². The van der Waals surface area contributed by atoms with E-state index in [4.69, 9.17) is 0 Å². The quantitative estimate of drug-likeness (QED) is 0.438. The van der Waals surface area contributed by atoms with Crippen molar-refractivity contribution in [1.29, 1.82) is 0 Å². The van der Waals surface area contributed by atoms with Crippen molar-refractivity contribution in [3.8, 4) is 5.75 Å². The summed E-state index contributed by atoms with van der Waals surface area (Å²) < 4.78 is 0. The molecule has 1 saturated carbocycles. The number of aromatic hydroxyl groups is 1. The minimum atomic E-state index is -0.659. The maximum absolute atomic E-state index is 13.2. The first-order valence-electron chi connectivity index (χ1n) is 10.5. The molecular weight excluding hydrogens is 378 g/mol. The van der Waals surface area contributed by atoms with Crippen LogP contribution in [0.25, 0.3) is 5.76 Å². The first-order valence-corrected chi connectivity index (χ1v) is 10.5. The highest BCUT2D eigenvalue weighted by atomic mass is 16.3. The zero-order valence-electron chi connectivity index (χ0n) is 17.4. The van der Waals surface area contributed by atoms with Crippen LogP contribution in [0.2, 0.25) is 0 Å². The van der Waals surface area contributed by atoms with Crippen LogP contribution in [0, 0.1) is 13.8 Å². The Bertz CT molecular complexity index is 1020. The van der Waals surface area contributed by atoms with Crippen LogP contribution in [0.1, 0.15) is 60.4 Å². The SMILES string of the molecule is Cc1ccc(C)c(/C(O)=C2\C(=O)C(=O)N(C3CCCCC3)C2c2ccc(O)cc2)c1. The molecule has 2 aromatic carbocycles. The van der Waals surface area contributed by atoms with Gasteiger partial charge in [-0.05, 0) is 56.0 Å². The molecule has 1 amide bonds. The number of rotatable bonds is 3. The van der Waals surface area contributed by atoms with Crippen LogP contribution in [0.15, 0.2) is 48.0 Å². The number of phenols is 1. The number of likely N-dealkylation sites (tertiary alicyclic amines) is 1. The van der Waals surface area contributed by atoms with E-state index in [1.807, 2.05) is 32.0 Å². The van der Waals surface area contributed by atoms with Gasteiger partial charge in [0.1, 0.15) is 11.5 Å². The second-order valence-corrected chi connectivity index (χ2v) is 8.41. The smallest absolute Gasteiger partial charge is 0.295 e. The second kappa shape index (κ2) is 7.98. The standard InChI is InChI=1S/C25H27NO4/c1-15-8-9-16(2)20(14-15)23(28)21-22(17-10-12-19(27)13-11-17)26(25(30)24(21)29)18-6-4-3-5-7-18/h8-14,18,22,27-28H,3-7H2,1-2H3/b23-21+. The zero-order valence-corrected chi connectivity index (χ0v) is 17.4. The van der Waals surface area contributed by atoms with E-state index in [1.54, 1.807) is 29.2 Å². The van der Waals surface area contributed by atoms with Crippen molar-refractivity contribution in [2.45, 2.75) is 58.0 Å². The van der Waals surface area contributed by atoms with E-state index >= 15 is 0 Å². The summed E-state index contributed by atoms with van der Waals surface area (Å²) in [7, 11) is 0. The van der Waals surface area contributed by atoms with Crippen molar-refractivity contribution in [2.24, 2.45) is 0 Å². The van der Waals surface area contributed by atoms with Crippen LogP contribution in [0.3, 0.4) is 0 Å². The molecule has 1 unspecified atom stereocenters. The van der Waals surface area contributed by atoms with E-state index in [9.17, 15) is 19.8 Å². The van der Waals surface area contributed by atoms with Gasteiger partial charge in [-0.15, -0.1) is 0 Å². The number of carbonyl (C=O) groups is 2. The molecule has 4 rings (SSSR count). The van der Waals surface area contributed by atoms with E-state index < -0.39 is 17.7 Å². The van der Waals surface area contributed by atoms with Crippen molar-refractivity contribution < 1.29 is 19.8 Å². The van der Waals surface area contributed by atoms with Crippen LogP contribution >= 0.6 is 0 Å². The van der Waals surface area contributed by atoms with Crippen LogP contribution < -0.4 is 0 Å². The number of hydrogen-bond acceptors (Lipinski definition) is 4. The fraction of sp³-hybridized carbons (Fsp3) is 0.360. The van der Waals surface area contributed by atoms with E-state index in [2.05, 4.69) is 0 Å². The molecule has 2 fully saturated rings. The molecule has 1 atom stereocenters. The summed E-state index contributed by atoms with van der Waals surface area (Å²) in [5.41, 5.74) is 3.21. The van der Waals surface area contributed by atoms with Gasteiger partial charge in [0, 0.05) is 11.6 Å². The van der Waals surface area contributed by atoms with Crippen LogP contribution in [0.5, 0.6) is 5.75 Å². The Hall–Kier alpha value is -3.08. The predicted molar refractivity (Wildman–Crippen MR) is 115 cm³/mol. The van der Waals surface area contributed by atoms with Crippen LogP contribution in [-0.4, -0.2) is 32.8 Å². The Labute approximate surface area is 176 Å². The fourth-order valence-electron chi connectivity index (χ4n) is 4.71. The highest BCUT2D eigenvalue weighted by molar-refractivity contribution is 6.46.